The van der Waals surface area contributed by atoms with E-state index < -0.39 is 0 Å². The molecule has 4 aromatic rings. The highest BCUT2D eigenvalue weighted by atomic mass is 16.1. The first-order valence-corrected chi connectivity index (χ1v) is 10.9. The number of benzene rings is 3. The summed E-state index contributed by atoms with van der Waals surface area (Å²) >= 11 is 0. The highest BCUT2D eigenvalue weighted by Gasteiger charge is 2.14. The number of hydrogen-bond acceptors (Lipinski definition) is 4. The molecule has 1 aromatic heterocycles. The van der Waals surface area contributed by atoms with Crippen LogP contribution in [0.1, 0.15) is 19.3 Å². The van der Waals surface area contributed by atoms with Gasteiger partial charge in [-0.15, -0.1) is 0 Å². The van der Waals surface area contributed by atoms with Gasteiger partial charge < -0.3 is 15.5 Å². The summed E-state index contributed by atoms with van der Waals surface area (Å²) in [4.78, 5) is 19.7. The van der Waals surface area contributed by atoms with Crippen molar-refractivity contribution in [2.24, 2.45) is 0 Å². The number of carbonyl (C=O) groups excluding carboxylic acids is 1. The molecule has 156 valence electrons. The van der Waals surface area contributed by atoms with Crippen molar-refractivity contribution in [3.8, 4) is 0 Å². The molecule has 0 atom stereocenters. The second kappa shape index (κ2) is 8.74. The van der Waals surface area contributed by atoms with Crippen molar-refractivity contribution in [2.75, 3.05) is 30.3 Å². The van der Waals surface area contributed by atoms with Crippen molar-refractivity contribution in [1.29, 1.82) is 0 Å². The predicted octanol–water partition coefficient (Wildman–Crippen LogP) is 5.56. The lowest BCUT2D eigenvalue weighted by atomic mass is 10.1. The van der Waals surface area contributed by atoms with E-state index in [0.717, 1.165) is 58.5 Å². The highest BCUT2D eigenvalue weighted by Crippen LogP contribution is 2.34. The van der Waals surface area contributed by atoms with Gasteiger partial charge in [0.05, 0.1) is 16.7 Å². The highest BCUT2D eigenvalue weighted by molar-refractivity contribution is 6.09. The lowest BCUT2D eigenvalue weighted by molar-refractivity contribution is -0.116. The first-order chi connectivity index (χ1) is 15.3. The Morgan fingerprint density at radius 2 is 1.58 bits per heavy atom. The summed E-state index contributed by atoms with van der Waals surface area (Å²) in [6.45, 7) is 3.04. The van der Waals surface area contributed by atoms with Crippen molar-refractivity contribution < 1.29 is 4.79 Å². The van der Waals surface area contributed by atoms with E-state index in [-0.39, 0.29) is 5.91 Å². The topological polar surface area (TPSA) is 57.3 Å². The lowest BCUT2D eigenvalue weighted by Crippen LogP contribution is -2.25. The van der Waals surface area contributed by atoms with Gasteiger partial charge in [-0.3, -0.25) is 4.79 Å². The normalized spacial score (nSPS) is 14.2. The molecule has 1 fully saturated rings. The number of carbonyl (C=O) groups is 1. The Hall–Kier alpha value is -3.44. The first kappa shape index (κ1) is 19.5. The van der Waals surface area contributed by atoms with Crippen LogP contribution < -0.4 is 10.6 Å². The Bertz CT molecular complexity index is 1220. The Morgan fingerprint density at radius 3 is 2.42 bits per heavy atom. The first-order valence-electron chi connectivity index (χ1n) is 10.9. The fraction of sp³-hybridized carbons (Fsp3) is 0.231. The monoisotopic (exact) mass is 410 g/mol. The van der Waals surface area contributed by atoms with Crippen molar-refractivity contribution in [1.82, 2.24) is 9.88 Å². The van der Waals surface area contributed by atoms with E-state index in [9.17, 15) is 4.79 Å². The average Bonchev–Trinajstić information content (AvgIpc) is 3.32. The number of rotatable bonds is 6. The molecule has 5 heteroatoms. The van der Waals surface area contributed by atoms with E-state index in [1.54, 1.807) is 0 Å². The van der Waals surface area contributed by atoms with Crippen LogP contribution in [0.2, 0.25) is 0 Å². The zero-order valence-corrected chi connectivity index (χ0v) is 17.5. The van der Waals surface area contributed by atoms with Crippen LogP contribution in [0, 0.1) is 0 Å². The number of aromatic nitrogens is 1. The predicted molar refractivity (Wildman–Crippen MR) is 128 cm³/mol. The molecule has 0 spiro atoms. The minimum atomic E-state index is 0.0506. The van der Waals surface area contributed by atoms with Crippen molar-refractivity contribution in [3.63, 3.8) is 0 Å². The number of amides is 1. The summed E-state index contributed by atoms with van der Waals surface area (Å²) in [7, 11) is 0. The number of hydrogen-bond donors (Lipinski definition) is 2. The third kappa shape index (κ3) is 4.37. The van der Waals surface area contributed by atoms with E-state index in [4.69, 9.17) is 4.98 Å². The van der Waals surface area contributed by atoms with Gasteiger partial charge in [0, 0.05) is 35.1 Å². The summed E-state index contributed by atoms with van der Waals surface area (Å²) in [6, 6.07) is 24.2. The van der Waals surface area contributed by atoms with Gasteiger partial charge in [0.2, 0.25) is 5.91 Å². The molecule has 1 amide bonds. The second-order valence-corrected chi connectivity index (χ2v) is 8.07. The molecule has 1 saturated heterocycles. The molecule has 3 aromatic carbocycles. The van der Waals surface area contributed by atoms with Gasteiger partial charge in [-0.2, -0.15) is 0 Å². The van der Waals surface area contributed by atoms with Crippen molar-refractivity contribution >= 4 is 44.8 Å². The number of anilines is 3. The number of para-hydroxylation sites is 2. The van der Waals surface area contributed by atoms with Crippen LogP contribution in [0.5, 0.6) is 0 Å². The van der Waals surface area contributed by atoms with Gasteiger partial charge in [-0.1, -0.05) is 36.4 Å². The zero-order chi connectivity index (χ0) is 21.0. The van der Waals surface area contributed by atoms with Gasteiger partial charge in [-0.25, -0.2) is 4.98 Å². The Balaban J connectivity index is 1.44. The van der Waals surface area contributed by atoms with E-state index in [1.807, 2.05) is 54.6 Å². The Labute approximate surface area is 182 Å². The zero-order valence-electron chi connectivity index (χ0n) is 17.5. The summed E-state index contributed by atoms with van der Waals surface area (Å²) in [5.41, 5.74) is 4.62. The van der Waals surface area contributed by atoms with Crippen LogP contribution in [0.25, 0.3) is 21.8 Å². The number of pyridine rings is 1. The number of fused-ring (bicyclic) bond motifs is 2. The molecule has 0 bridgehead atoms. The van der Waals surface area contributed by atoms with Crippen LogP contribution in [-0.2, 0) is 4.79 Å². The minimum Gasteiger partial charge on any atom is -0.354 e. The van der Waals surface area contributed by atoms with Gasteiger partial charge in [0.25, 0.3) is 0 Å². The molecule has 0 unspecified atom stereocenters. The molecule has 2 N–H and O–H groups in total. The molecular weight excluding hydrogens is 384 g/mol. The largest absolute Gasteiger partial charge is 0.354 e. The smallest absolute Gasteiger partial charge is 0.225 e. The molecule has 2 heterocycles. The molecule has 0 saturated carbocycles. The van der Waals surface area contributed by atoms with Crippen LogP contribution >= 0.6 is 0 Å². The number of nitrogens with one attached hydrogen (secondary N) is 2. The van der Waals surface area contributed by atoms with Crippen molar-refractivity contribution in [2.45, 2.75) is 19.3 Å². The summed E-state index contributed by atoms with van der Waals surface area (Å²) < 4.78 is 0. The third-order valence-electron chi connectivity index (χ3n) is 5.86. The van der Waals surface area contributed by atoms with Gasteiger partial charge in [-0.05, 0) is 62.3 Å². The standard InChI is InChI=1S/C26H26N4O/c31-25(14-17-30-15-6-7-16-30)27-20-12-13-22-24(18-20)29-23-11-5-4-10-21(23)26(22)28-19-8-2-1-3-9-19/h1-5,8-13,18H,6-7,14-17H2,(H,27,31)(H,28,29). The molecule has 1 aliphatic rings. The van der Waals surface area contributed by atoms with Crippen LogP contribution in [0.4, 0.5) is 17.1 Å². The molecule has 5 rings (SSSR count). The molecular formula is C26H26N4O. The van der Waals surface area contributed by atoms with Gasteiger partial charge in [0.15, 0.2) is 0 Å². The number of nitrogens with zero attached hydrogens (tertiary/aromatic N) is 2. The summed E-state index contributed by atoms with van der Waals surface area (Å²) in [5, 5.41) is 8.71. The maximum absolute atomic E-state index is 12.5. The average molecular weight is 411 g/mol. The summed E-state index contributed by atoms with van der Waals surface area (Å²) in [6.07, 6.45) is 3.00. The molecule has 1 aliphatic heterocycles. The van der Waals surface area contributed by atoms with Crippen LogP contribution in [-0.4, -0.2) is 35.4 Å². The van der Waals surface area contributed by atoms with Gasteiger partial charge in [0.1, 0.15) is 0 Å². The third-order valence-corrected chi connectivity index (χ3v) is 5.86. The van der Waals surface area contributed by atoms with Crippen LogP contribution in [0.15, 0.2) is 72.8 Å². The van der Waals surface area contributed by atoms with E-state index in [2.05, 4.69) is 33.7 Å². The SMILES string of the molecule is O=C(CCN1CCCC1)Nc1ccc2c(Nc3ccccc3)c3ccccc3nc2c1. The van der Waals surface area contributed by atoms with Crippen LogP contribution in [0.3, 0.4) is 0 Å². The Kier molecular flexibility index (Phi) is 5.50. The van der Waals surface area contributed by atoms with E-state index >= 15 is 0 Å². The fourth-order valence-corrected chi connectivity index (χ4v) is 4.26. The molecule has 5 nitrogen and oxygen atoms in total. The minimum absolute atomic E-state index is 0.0506. The quantitative estimate of drug-likeness (QED) is 0.409. The summed E-state index contributed by atoms with van der Waals surface area (Å²) in [5.74, 6) is 0.0506. The molecule has 0 aliphatic carbocycles. The lowest BCUT2D eigenvalue weighted by Gasteiger charge is -2.15. The molecule has 0 radical (unpaired) electrons. The maximum atomic E-state index is 12.5. The van der Waals surface area contributed by atoms with Crippen molar-refractivity contribution in [3.05, 3.63) is 72.8 Å². The second-order valence-electron chi connectivity index (χ2n) is 8.07. The maximum Gasteiger partial charge on any atom is 0.225 e. The van der Waals surface area contributed by atoms with E-state index in [1.165, 1.54) is 12.8 Å². The fourth-order valence-electron chi connectivity index (χ4n) is 4.26. The Morgan fingerprint density at radius 1 is 0.839 bits per heavy atom. The van der Waals surface area contributed by atoms with Gasteiger partial charge >= 0.3 is 0 Å². The van der Waals surface area contributed by atoms with E-state index in [0.29, 0.717) is 6.42 Å². The number of likely N-dealkylation sites (tertiary alicyclic amines) is 1. The molecule has 31 heavy (non-hydrogen) atoms.